The maximum Gasteiger partial charge on any atom is 0.224 e. The molecule has 1 aromatic heterocycles. The molecular weight excluding hydrogens is 252 g/mol. The van der Waals surface area contributed by atoms with Crippen LogP contribution < -0.4 is 10.6 Å². The van der Waals surface area contributed by atoms with Gasteiger partial charge in [0, 0.05) is 18.8 Å². The highest BCUT2D eigenvalue weighted by Crippen LogP contribution is 2.07. The van der Waals surface area contributed by atoms with Crippen LogP contribution >= 0.6 is 0 Å². The fourth-order valence-corrected chi connectivity index (χ4v) is 1.79. The highest BCUT2D eigenvalue weighted by molar-refractivity contribution is 5.78. The summed E-state index contributed by atoms with van der Waals surface area (Å²) in [4.78, 5) is 11.8. The van der Waals surface area contributed by atoms with Gasteiger partial charge in [0.25, 0.3) is 0 Å². The van der Waals surface area contributed by atoms with Gasteiger partial charge < -0.3 is 10.6 Å². The SMILES string of the molecule is CNC(C)CNC(=O)Cc1cnn(-c2ccccc2)c1. The van der Waals surface area contributed by atoms with E-state index in [2.05, 4.69) is 15.7 Å². The molecule has 1 unspecified atom stereocenters. The molecule has 2 N–H and O–H groups in total. The summed E-state index contributed by atoms with van der Waals surface area (Å²) < 4.78 is 1.78. The molecule has 1 heterocycles. The summed E-state index contributed by atoms with van der Waals surface area (Å²) in [5.41, 5.74) is 1.89. The second kappa shape index (κ2) is 6.86. The van der Waals surface area contributed by atoms with Crippen molar-refractivity contribution in [3.8, 4) is 5.69 Å². The van der Waals surface area contributed by atoms with Crippen molar-refractivity contribution in [2.45, 2.75) is 19.4 Å². The van der Waals surface area contributed by atoms with Crippen LogP contribution in [-0.2, 0) is 11.2 Å². The van der Waals surface area contributed by atoms with Gasteiger partial charge in [-0.2, -0.15) is 5.10 Å². The molecule has 1 aromatic carbocycles. The molecule has 0 aliphatic carbocycles. The average molecular weight is 272 g/mol. The number of carbonyl (C=O) groups is 1. The first kappa shape index (κ1) is 14.3. The van der Waals surface area contributed by atoms with E-state index in [-0.39, 0.29) is 11.9 Å². The first-order chi connectivity index (χ1) is 9.69. The largest absolute Gasteiger partial charge is 0.354 e. The number of nitrogens with zero attached hydrogens (tertiary/aromatic N) is 2. The standard InChI is InChI=1S/C15H20N4O/c1-12(16-2)9-17-15(20)8-13-10-18-19(11-13)14-6-4-3-5-7-14/h3-7,10-12,16H,8-9H2,1-2H3,(H,17,20). The number of aromatic nitrogens is 2. The minimum atomic E-state index is 0.0136. The summed E-state index contributed by atoms with van der Waals surface area (Å²) in [5, 5.41) is 10.2. The van der Waals surface area contributed by atoms with Gasteiger partial charge in [0.15, 0.2) is 0 Å². The third kappa shape index (κ3) is 3.93. The molecule has 0 saturated carbocycles. The highest BCUT2D eigenvalue weighted by Gasteiger charge is 2.07. The topological polar surface area (TPSA) is 58.9 Å². The molecule has 5 heteroatoms. The maximum atomic E-state index is 11.8. The monoisotopic (exact) mass is 272 g/mol. The second-order valence-electron chi connectivity index (χ2n) is 4.80. The van der Waals surface area contributed by atoms with E-state index in [1.54, 1.807) is 10.9 Å². The quantitative estimate of drug-likeness (QED) is 0.829. The van der Waals surface area contributed by atoms with E-state index in [0.717, 1.165) is 11.3 Å². The number of hydrogen-bond donors (Lipinski definition) is 2. The van der Waals surface area contributed by atoms with E-state index in [9.17, 15) is 4.79 Å². The summed E-state index contributed by atoms with van der Waals surface area (Å²) in [6.45, 7) is 2.65. The molecular formula is C15H20N4O. The lowest BCUT2D eigenvalue weighted by atomic mass is 10.2. The lowest BCUT2D eigenvalue weighted by molar-refractivity contribution is -0.120. The van der Waals surface area contributed by atoms with Crippen molar-refractivity contribution in [2.24, 2.45) is 0 Å². The minimum absolute atomic E-state index is 0.0136. The van der Waals surface area contributed by atoms with Gasteiger partial charge in [0.2, 0.25) is 5.91 Å². The zero-order valence-electron chi connectivity index (χ0n) is 11.8. The van der Waals surface area contributed by atoms with Crippen LogP contribution in [0.25, 0.3) is 5.69 Å². The smallest absolute Gasteiger partial charge is 0.224 e. The number of para-hydroxylation sites is 1. The zero-order chi connectivity index (χ0) is 14.4. The van der Waals surface area contributed by atoms with Crippen molar-refractivity contribution >= 4 is 5.91 Å². The summed E-state index contributed by atoms with van der Waals surface area (Å²) >= 11 is 0. The first-order valence-corrected chi connectivity index (χ1v) is 6.72. The Morgan fingerprint density at radius 3 is 2.80 bits per heavy atom. The molecule has 0 spiro atoms. The Bertz CT molecular complexity index is 550. The number of benzene rings is 1. The Labute approximate surface area is 119 Å². The number of hydrogen-bond acceptors (Lipinski definition) is 3. The normalized spacial score (nSPS) is 12.1. The molecule has 1 atom stereocenters. The summed E-state index contributed by atoms with van der Waals surface area (Å²) in [6, 6.07) is 10.1. The van der Waals surface area contributed by atoms with Gasteiger partial charge in [-0.05, 0) is 31.7 Å². The van der Waals surface area contributed by atoms with Gasteiger partial charge in [0.1, 0.15) is 0 Å². The lowest BCUT2D eigenvalue weighted by Gasteiger charge is -2.10. The van der Waals surface area contributed by atoms with Crippen molar-refractivity contribution in [2.75, 3.05) is 13.6 Å². The predicted molar refractivity (Wildman–Crippen MR) is 78.8 cm³/mol. The number of amides is 1. The minimum Gasteiger partial charge on any atom is -0.354 e. The lowest BCUT2D eigenvalue weighted by Crippen LogP contribution is -2.37. The van der Waals surface area contributed by atoms with Crippen molar-refractivity contribution in [1.82, 2.24) is 20.4 Å². The molecule has 0 radical (unpaired) electrons. The van der Waals surface area contributed by atoms with E-state index in [4.69, 9.17) is 0 Å². The Morgan fingerprint density at radius 1 is 1.35 bits per heavy atom. The Hall–Kier alpha value is -2.14. The van der Waals surface area contributed by atoms with Crippen molar-refractivity contribution in [3.63, 3.8) is 0 Å². The molecule has 2 rings (SSSR count). The third-order valence-electron chi connectivity index (χ3n) is 3.12. The number of carbonyl (C=O) groups excluding carboxylic acids is 1. The van der Waals surface area contributed by atoms with Crippen molar-refractivity contribution in [3.05, 3.63) is 48.3 Å². The fraction of sp³-hybridized carbons (Fsp3) is 0.333. The van der Waals surface area contributed by atoms with E-state index in [0.29, 0.717) is 13.0 Å². The van der Waals surface area contributed by atoms with Gasteiger partial charge >= 0.3 is 0 Å². The van der Waals surface area contributed by atoms with Crippen molar-refractivity contribution in [1.29, 1.82) is 0 Å². The molecule has 1 amide bonds. The molecule has 0 saturated heterocycles. The average Bonchev–Trinajstić information content (AvgIpc) is 2.94. The van der Waals surface area contributed by atoms with E-state index in [1.165, 1.54) is 0 Å². The van der Waals surface area contributed by atoms with Gasteiger partial charge in [-0.3, -0.25) is 4.79 Å². The molecule has 0 fully saturated rings. The molecule has 106 valence electrons. The first-order valence-electron chi connectivity index (χ1n) is 6.72. The van der Waals surface area contributed by atoms with Crippen LogP contribution in [0.1, 0.15) is 12.5 Å². The Balaban J connectivity index is 1.91. The summed E-state index contributed by atoms with van der Waals surface area (Å²) in [6.07, 6.45) is 3.97. The van der Waals surface area contributed by atoms with E-state index in [1.807, 2.05) is 50.5 Å². The number of likely N-dealkylation sites (N-methyl/N-ethyl adjacent to an activating group) is 1. The van der Waals surface area contributed by atoms with Crippen LogP contribution in [0.2, 0.25) is 0 Å². The van der Waals surface area contributed by atoms with Crippen LogP contribution in [0.15, 0.2) is 42.7 Å². The molecule has 5 nitrogen and oxygen atoms in total. The number of rotatable bonds is 6. The molecule has 0 bridgehead atoms. The summed E-state index contributed by atoms with van der Waals surface area (Å²) in [7, 11) is 1.88. The molecule has 0 aliphatic heterocycles. The maximum absolute atomic E-state index is 11.8. The van der Waals surface area contributed by atoms with Crippen LogP contribution in [-0.4, -0.2) is 35.3 Å². The fourth-order valence-electron chi connectivity index (χ4n) is 1.79. The van der Waals surface area contributed by atoms with Crippen LogP contribution in [0.4, 0.5) is 0 Å². The molecule has 2 aromatic rings. The third-order valence-corrected chi connectivity index (χ3v) is 3.12. The predicted octanol–water partition coefficient (Wildman–Crippen LogP) is 1.14. The van der Waals surface area contributed by atoms with E-state index >= 15 is 0 Å². The molecule has 20 heavy (non-hydrogen) atoms. The Kier molecular flexibility index (Phi) is 4.90. The zero-order valence-corrected chi connectivity index (χ0v) is 11.8. The van der Waals surface area contributed by atoms with Gasteiger partial charge in [-0.15, -0.1) is 0 Å². The van der Waals surface area contributed by atoms with Gasteiger partial charge in [-0.1, -0.05) is 18.2 Å². The second-order valence-corrected chi connectivity index (χ2v) is 4.80. The highest BCUT2D eigenvalue weighted by atomic mass is 16.1. The van der Waals surface area contributed by atoms with Gasteiger partial charge in [0.05, 0.1) is 18.3 Å². The van der Waals surface area contributed by atoms with Crippen LogP contribution in [0.3, 0.4) is 0 Å². The Morgan fingerprint density at radius 2 is 2.10 bits per heavy atom. The van der Waals surface area contributed by atoms with Gasteiger partial charge in [-0.25, -0.2) is 4.68 Å². The van der Waals surface area contributed by atoms with Crippen LogP contribution in [0, 0.1) is 0 Å². The van der Waals surface area contributed by atoms with Crippen LogP contribution in [0.5, 0.6) is 0 Å². The van der Waals surface area contributed by atoms with Crippen molar-refractivity contribution < 1.29 is 4.79 Å². The molecule has 0 aliphatic rings. The van der Waals surface area contributed by atoms with E-state index < -0.39 is 0 Å². The number of nitrogens with one attached hydrogen (secondary N) is 2. The summed E-state index contributed by atoms with van der Waals surface area (Å²) in [5.74, 6) is 0.0136.